The highest BCUT2D eigenvalue weighted by atomic mass is 14.9. The molecule has 1 aliphatic rings. The first-order valence-electron chi connectivity index (χ1n) is 5.42. The van der Waals surface area contributed by atoms with E-state index in [-0.39, 0.29) is 0 Å². The maximum absolute atomic E-state index is 3.56. The molecular formula is C11H23N. The molecule has 0 heterocycles. The molecule has 1 fully saturated rings. The molecule has 1 atom stereocenters. The Kier molecular flexibility index (Phi) is 4.07. The number of rotatable bonds is 6. The van der Waals surface area contributed by atoms with Gasteiger partial charge in [0.2, 0.25) is 0 Å². The minimum atomic E-state index is 0.862. The maximum Gasteiger partial charge on any atom is 0.00682 e. The molecule has 0 amide bonds. The van der Waals surface area contributed by atoms with Crippen LogP contribution in [0.4, 0.5) is 0 Å². The summed E-state index contributed by atoms with van der Waals surface area (Å²) in [6, 6.07) is 0.885. The summed E-state index contributed by atoms with van der Waals surface area (Å²) in [6.45, 7) is 8.22. The lowest BCUT2D eigenvalue weighted by atomic mass is 9.96. The average molecular weight is 169 g/mol. The third kappa shape index (κ3) is 4.76. The fourth-order valence-corrected chi connectivity index (χ4v) is 1.74. The van der Waals surface area contributed by atoms with Crippen LogP contribution in [0.3, 0.4) is 0 Å². The summed E-state index contributed by atoms with van der Waals surface area (Å²) in [5.74, 6) is 1.76. The van der Waals surface area contributed by atoms with Gasteiger partial charge in [-0.15, -0.1) is 0 Å². The van der Waals surface area contributed by atoms with Gasteiger partial charge in [0.25, 0.3) is 0 Å². The lowest BCUT2D eigenvalue weighted by molar-refractivity contribution is 0.405. The van der Waals surface area contributed by atoms with Crippen LogP contribution in [0.2, 0.25) is 0 Å². The summed E-state index contributed by atoms with van der Waals surface area (Å²) < 4.78 is 0. The quantitative estimate of drug-likeness (QED) is 0.644. The SMILES string of the molecule is CC(C)CC(C)CCNC1CC1. The molecule has 0 spiro atoms. The Morgan fingerprint density at radius 3 is 2.42 bits per heavy atom. The highest BCUT2D eigenvalue weighted by Crippen LogP contribution is 2.19. The zero-order valence-electron chi connectivity index (χ0n) is 8.77. The smallest absolute Gasteiger partial charge is 0.00682 e. The van der Waals surface area contributed by atoms with Gasteiger partial charge < -0.3 is 5.32 Å². The van der Waals surface area contributed by atoms with Crippen LogP contribution in [-0.2, 0) is 0 Å². The van der Waals surface area contributed by atoms with Crippen molar-refractivity contribution < 1.29 is 0 Å². The van der Waals surface area contributed by atoms with Crippen molar-refractivity contribution in [3.63, 3.8) is 0 Å². The third-order valence-corrected chi connectivity index (χ3v) is 2.52. The van der Waals surface area contributed by atoms with Gasteiger partial charge >= 0.3 is 0 Å². The third-order valence-electron chi connectivity index (χ3n) is 2.52. The van der Waals surface area contributed by atoms with E-state index in [0.29, 0.717) is 0 Å². The highest BCUT2D eigenvalue weighted by molar-refractivity contribution is 4.80. The first-order valence-corrected chi connectivity index (χ1v) is 5.42. The van der Waals surface area contributed by atoms with Gasteiger partial charge in [0, 0.05) is 6.04 Å². The first-order chi connectivity index (χ1) is 5.68. The van der Waals surface area contributed by atoms with Crippen molar-refractivity contribution >= 4 is 0 Å². The zero-order valence-corrected chi connectivity index (χ0v) is 8.77. The molecule has 1 rings (SSSR count). The minimum Gasteiger partial charge on any atom is -0.314 e. The monoisotopic (exact) mass is 169 g/mol. The van der Waals surface area contributed by atoms with Crippen LogP contribution in [0.5, 0.6) is 0 Å². The van der Waals surface area contributed by atoms with Gasteiger partial charge in [0.15, 0.2) is 0 Å². The molecule has 0 aromatic carbocycles. The van der Waals surface area contributed by atoms with Crippen molar-refractivity contribution in [2.24, 2.45) is 11.8 Å². The van der Waals surface area contributed by atoms with Crippen molar-refractivity contribution in [2.75, 3.05) is 6.54 Å². The fourth-order valence-electron chi connectivity index (χ4n) is 1.74. The largest absolute Gasteiger partial charge is 0.314 e. The molecule has 0 radical (unpaired) electrons. The number of hydrogen-bond donors (Lipinski definition) is 1. The lowest BCUT2D eigenvalue weighted by Crippen LogP contribution is -2.19. The van der Waals surface area contributed by atoms with Crippen LogP contribution >= 0.6 is 0 Å². The second kappa shape index (κ2) is 4.86. The molecule has 0 saturated heterocycles. The zero-order chi connectivity index (χ0) is 8.97. The summed E-state index contributed by atoms with van der Waals surface area (Å²) in [5, 5.41) is 3.56. The lowest BCUT2D eigenvalue weighted by Gasteiger charge is -2.13. The molecule has 1 unspecified atom stereocenters. The molecule has 12 heavy (non-hydrogen) atoms. The Hall–Kier alpha value is -0.0400. The molecule has 0 bridgehead atoms. The van der Waals surface area contributed by atoms with Gasteiger partial charge in [-0.3, -0.25) is 0 Å². The van der Waals surface area contributed by atoms with Crippen molar-refractivity contribution in [3.05, 3.63) is 0 Å². The van der Waals surface area contributed by atoms with E-state index in [9.17, 15) is 0 Å². The van der Waals surface area contributed by atoms with Crippen molar-refractivity contribution in [1.82, 2.24) is 5.32 Å². The van der Waals surface area contributed by atoms with Gasteiger partial charge in [-0.05, 0) is 44.1 Å². The molecule has 0 aromatic rings. The van der Waals surface area contributed by atoms with Crippen molar-refractivity contribution in [2.45, 2.75) is 52.5 Å². The van der Waals surface area contributed by atoms with Crippen LogP contribution < -0.4 is 5.32 Å². The van der Waals surface area contributed by atoms with E-state index in [2.05, 4.69) is 26.1 Å². The Balaban J connectivity index is 1.89. The number of nitrogens with one attached hydrogen (secondary N) is 1. The van der Waals surface area contributed by atoms with Crippen LogP contribution in [0.1, 0.15) is 46.5 Å². The van der Waals surface area contributed by atoms with E-state index in [0.717, 1.165) is 17.9 Å². The topological polar surface area (TPSA) is 12.0 Å². The Bertz CT molecular complexity index is 116. The predicted octanol–water partition coefficient (Wildman–Crippen LogP) is 2.81. The van der Waals surface area contributed by atoms with Gasteiger partial charge in [-0.2, -0.15) is 0 Å². The molecule has 1 aliphatic carbocycles. The summed E-state index contributed by atoms with van der Waals surface area (Å²) in [7, 11) is 0. The van der Waals surface area contributed by atoms with Gasteiger partial charge in [-0.1, -0.05) is 20.8 Å². The molecule has 0 aliphatic heterocycles. The molecule has 1 heteroatoms. The minimum absolute atomic E-state index is 0.862. The van der Waals surface area contributed by atoms with Gasteiger partial charge in [-0.25, -0.2) is 0 Å². The second-order valence-electron chi connectivity index (χ2n) is 4.75. The van der Waals surface area contributed by atoms with Crippen LogP contribution in [0, 0.1) is 11.8 Å². The van der Waals surface area contributed by atoms with E-state index in [1.165, 1.54) is 32.2 Å². The molecular weight excluding hydrogens is 146 g/mol. The Labute approximate surface area is 76.9 Å². The standard InChI is InChI=1S/C11H23N/c1-9(2)8-10(3)6-7-12-11-4-5-11/h9-12H,4-8H2,1-3H3. The fraction of sp³-hybridized carbons (Fsp3) is 1.00. The Morgan fingerprint density at radius 1 is 1.25 bits per heavy atom. The first kappa shape index (κ1) is 10.0. The highest BCUT2D eigenvalue weighted by Gasteiger charge is 2.19. The molecule has 1 nitrogen and oxygen atoms in total. The predicted molar refractivity (Wildman–Crippen MR) is 54.3 cm³/mol. The van der Waals surface area contributed by atoms with E-state index >= 15 is 0 Å². The summed E-state index contributed by atoms with van der Waals surface area (Å²) >= 11 is 0. The molecule has 72 valence electrons. The van der Waals surface area contributed by atoms with Gasteiger partial charge in [0.1, 0.15) is 0 Å². The molecule has 1 N–H and O–H groups in total. The van der Waals surface area contributed by atoms with Crippen molar-refractivity contribution in [3.8, 4) is 0 Å². The Morgan fingerprint density at radius 2 is 1.92 bits per heavy atom. The number of hydrogen-bond acceptors (Lipinski definition) is 1. The van der Waals surface area contributed by atoms with Crippen LogP contribution in [-0.4, -0.2) is 12.6 Å². The normalized spacial score (nSPS) is 20.0. The average Bonchev–Trinajstić information content (AvgIpc) is 2.69. The van der Waals surface area contributed by atoms with Gasteiger partial charge in [0.05, 0.1) is 0 Å². The van der Waals surface area contributed by atoms with Crippen molar-refractivity contribution in [1.29, 1.82) is 0 Å². The van der Waals surface area contributed by atoms with Crippen LogP contribution in [0.25, 0.3) is 0 Å². The molecule has 1 saturated carbocycles. The summed E-state index contributed by atoms with van der Waals surface area (Å²) in [6.07, 6.45) is 5.57. The second-order valence-corrected chi connectivity index (χ2v) is 4.75. The summed E-state index contributed by atoms with van der Waals surface area (Å²) in [5.41, 5.74) is 0. The van der Waals surface area contributed by atoms with Crippen LogP contribution in [0.15, 0.2) is 0 Å². The molecule has 0 aromatic heterocycles. The van der Waals surface area contributed by atoms with E-state index in [1.54, 1.807) is 0 Å². The summed E-state index contributed by atoms with van der Waals surface area (Å²) in [4.78, 5) is 0. The van der Waals surface area contributed by atoms with E-state index in [4.69, 9.17) is 0 Å². The van der Waals surface area contributed by atoms with E-state index in [1.807, 2.05) is 0 Å². The van der Waals surface area contributed by atoms with E-state index < -0.39 is 0 Å². The maximum atomic E-state index is 3.56.